The lowest BCUT2D eigenvalue weighted by Gasteiger charge is -2.18. The highest BCUT2D eigenvalue weighted by Gasteiger charge is 2.19. The molecule has 0 saturated heterocycles. The van der Waals surface area contributed by atoms with Crippen LogP contribution in [-0.4, -0.2) is 37.2 Å². The summed E-state index contributed by atoms with van der Waals surface area (Å²) in [6, 6.07) is 0. The minimum atomic E-state index is -0.808. The van der Waals surface area contributed by atoms with Gasteiger partial charge in [-0.25, -0.2) is 0 Å². The Hall–Kier alpha value is -3.15. The molecule has 0 heterocycles. The van der Waals surface area contributed by atoms with Crippen molar-refractivity contribution in [3.8, 4) is 0 Å². The molecule has 0 bridgehead atoms. The van der Waals surface area contributed by atoms with E-state index in [1.54, 1.807) is 0 Å². The fourth-order valence-corrected chi connectivity index (χ4v) is 9.54. The molecule has 0 radical (unpaired) electrons. The zero-order valence-corrected chi connectivity index (χ0v) is 50.5. The van der Waals surface area contributed by atoms with Crippen molar-refractivity contribution in [2.75, 3.05) is 13.2 Å². The first-order chi connectivity index (χ1) is 37.5. The molecule has 0 N–H and O–H groups in total. The molecule has 0 aromatic heterocycles. The zero-order valence-electron chi connectivity index (χ0n) is 50.5. The second-order valence-electron chi connectivity index (χ2n) is 22.0. The smallest absolute Gasteiger partial charge is 0.306 e. The Labute approximate surface area is 472 Å². The van der Waals surface area contributed by atoms with Gasteiger partial charge in [0.05, 0.1) is 0 Å². The van der Waals surface area contributed by atoms with Gasteiger partial charge in [0.1, 0.15) is 13.2 Å². The van der Waals surface area contributed by atoms with E-state index in [1.165, 1.54) is 205 Å². The van der Waals surface area contributed by atoms with Gasteiger partial charge in [0.2, 0.25) is 0 Å². The van der Waals surface area contributed by atoms with Crippen LogP contribution >= 0.6 is 0 Å². The summed E-state index contributed by atoms with van der Waals surface area (Å²) in [5.74, 6) is -0.949. The van der Waals surface area contributed by atoms with Crippen molar-refractivity contribution in [2.24, 2.45) is 0 Å². The third-order valence-electron chi connectivity index (χ3n) is 14.4. The Morgan fingerprint density at radius 2 is 0.526 bits per heavy atom. The van der Waals surface area contributed by atoms with Crippen molar-refractivity contribution in [1.29, 1.82) is 0 Å². The van der Waals surface area contributed by atoms with E-state index in [-0.39, 0.29) is 37.5 Å². The molecule has 6 heteroatoms. The standard InChI is InChI=1S/C70H124O6/c1-4-7-10-13-16-19-22-25-28-31-32-33-34-35-36-37-38-40-42-45-48-51-54-57-60-63-69(72)75-66-67(65-74-68(71)62-59-56-53-50-47-44-41-30-27-24-21-18-15-12-9-6-3)76-70(73)64-61-58-55-52-49-46-43-39-29-26-23-20-17-14-11-8-5-2/h8,11,17,20,26,29-30,41,43,46,52,55,67H,4-7,9-10,12-16,18-19,21-25,27-28,31-40,42,44-45,47-51,53-54,56-66H2,1-3H3/b11-8-,20-17-,29-26-,41-30-,46-43-,55-52-. The van der Waals surface area contributed by atoms with Crippen LogP contribution in [0.1, 0.15) is 335 Å². The minimum Gasteiger partial charge on any atom is -0.462 e. The molecular formula is C70H124O6. The number of ether oxygens (including phenoxy) is 3. The third kappa shape index (κ3) is 61.7. The lowest BCUT2D eigenvalue weighted by molar-refractivity contribution is -0.167. The van der Waals surface area contributed by atoms with Crippen LogP contribution in [0.2, 0.25) is 0 Å². The van der Waals surface area contributed by atoms with Gasteiger partial charge in [0.15, 0.2) is 6.10 Å². The van der Waals surface area contributed by atoms with Crippen LogP contribution in [0.25, 0.3) is 0 Å². The first kappa shape index (κ1) is 72.8. The first-order valence-corrected chi connectivity index (χ1v) is 32.9. The summed E-state index contributed by atoms with van der Waals surface area (Å²) in [7, 11) is 0. The van der Waals surface area contributed by atoms with Crippen molar-refractivity contribution in [2.45, 2.75) is 341 Å². The molecule has 0 aliphatic heterocycles. The van der Waals surface area contributed by atoms with Crippen molar-refractivity contribution in [1.82, 2.24) is 0 Å². The maximum absolute atomic E-state index is 12.9. The Balaban J connectivity index is 4.34. The number of hydrogen-bond acceptors (Lipinski definition) is 6. The molecule has 0 saturated carbocycles. The summed E-state index contributed by atoms with van der Waals surface area (Å²) in [5.41, 5.74) is 0. The van der Waals surface area contributed by atoms with Crippen molar-refractivity contribution in [3.63, 3.8) is 0 Å². The van der Waals surface area contributed by atoms with Gasteiger partial charge in [-0.15, -0.1) is 0 Å². The lowest BCUT2D eigenvalue weighted by atomic mass is 10.0. The molecule has 1 unspecified atom stereocenters. The molecule has 76 heavy (non-hydrogen) atoms. The normalized spacial score (nSPS) is 12.5. The molecule has 0 amide bonds. The number of esters is 3. The van der Waals surface area contributed by atoms with Gasteiger partial charge < -0.3 is 14.2 Å². The van der Waals surface area contributed by atoms with E-state index in [4.69, 9.17) is 14.2 Å². The summed E-state index contributed by atoms with van der Waals surface area (Å²) >= 11 is 0. The van der Waals surface area contributed by atoms with Gasteiger partial charge in [-0.2, -0.15) is 0 Å². The van der Waals surface area contributed by atoms with Crippen LogP contribution in [0.5, 0.6) is 0 Å². The molecular weight excluding hydrogens is 937 g/mol. The Morgan fingerprint density at radius 3 is 0.855 bits per heavy atom. The molecule has 440 valence electrons. The highest BCUT2D eigenvalue weighted by molar-refractivity contribution is 5.71. The van der Waals surface area contributed by atoms with E-state index in [0.29, 0.717) is 19.3 Å². The van der Waals surface area contributed by atoms with Gasteiger partial charge in [0, 0.05) is 19.3 Å². The summed E-state index contributed by atoms with van der Waals surface area (Å²) in [6.07, 6.45) is 83.6. The molecule has 0 aromatic carbocycles. The predicted octanol–water partition coefficient (Wildman–Crippen LogP) is 22.5. The lowest BCUT2D eigenvalue weighted by Crippen LogP contribution is -2.30. The third-order valence-corrected chi connectivity index (χ3v) is 14.4. The predicted molar refractivity (Wildman–Crippen MR) is 330 cm³/mol. The van der Waals surface area contributed by atoms with Gasteiger partial charge in [0.25, 0.3) is 0 Å². The van der Waals surface area contributed by atoms with E-state index >= 15 is 0 Å². The summed E-state index contributed by atoms with van der Waals surface area (Å²) < 4.78 is 16.9. The monoisotopic (exact) mass is 1060 g/mol. The average molecular weight is 1060 g/mol. The van der Waals surface area contributed by atoms with Crippen molar-refractivity contribution < 1.29 is 28.6 Å². The minimum absolute atomic E-state index is 0.0977. The summed E-state index contributed by atoms with van der Waals surface area (Å²) in [6.45, 7) is 6.52. The van der Waals surface area contributed by atoms with E-state index < -0.39 is 6.10 Å². The molecule has 0 aliphatic rings. The molecule has 6 nitrogen and oxygen atoms in total. The Bertz CT molecular complexity index is 1400. The maximum Gasteiger partial charge on any atom is 0.306 e. The maximum atomic E-state index is 12.9. The number of allylic oxidation sites excluding steroid dienone is 12. The fourth-order valence-electron chi connectivity index (χ4n) is 9.54. The highest BCUT2D eigenvalue weighted by Crippen LogP contribution is 2.17. The van der Waals surface area contributed by atoms with Crippen LogP contribution in [0, 0.1) is 0 Å². The van der Waals surface area contributed by atoms with Crippen LogP contribution in [0.3, 0.4) is 0 Å². The second kappa shape index (κ2) is 64.4. The van der Waals surface area contributed by atoms with E-state index in [0.717, 1.165) is 83.5 Å². The van der Waals surface area contributed by atoms with Crippen molar-refractivity contribution in [3.05, 3.63) is 72.9 Å². The fraction of sp³-hybridized carbons (Fsp3) is 0.786. The van der Waals surface area contributed by atoms with Crippen LogP contribution in [0.15, 0.2) is 72.9 Å². The van der Waals surface area contributed by atoms with Crippen LogP contribution in [-0.2, 0) is 28.6 Å². The van der Waals surface area contributed by atoms with E-state index in [1.807, 2.05) is 0 Å². The number of hydrogen-bond donors (Lipinski definition) is 0. The molecule has 0 spiro atoms. The van der Waals surface area contributed by atoms with Crippen LogP contribution < -0.4 is 0 Å². The zero-order chi connectivity index (χ0) is 55.0. The van der Waals surface area contributed by atoms with Crippen molar-refractivity contribution >= 4 is 17.9 Å². The van der Waals surface area contributed by atoms with Gasteiger partial charge in [-0.3, -0.25) is 14.4 Å². The quantitative estimate of drug-likeness (QED) is 0.0261. The van der Waals surface area contributed by atoms with E-state index in [9.17, 15) is 14.4 Å². The highest BCUT2D eigenvalue weighted by atomic mass is 16.6. The number of carbonyl (C=O) groups excluding carboxylic acids is 3. The molecule has 1 atom stereocenters. The Morgan fingerprint density at radius 1 is 0.276 bits per heavy atom. The topological polar surface area (TPSA) is 78.9 Å². The SMILES string of the molecule is CC/C=C\C/C=C\C/C=C\C/C=C\C/C=C\CCCC(=O)OC(COC(=O)CCCCCCC/C=C\CCCCCCCCC)COC(=O)CCCCCCCCCCCCCCCCCCCCCCCCCCC. The summed E-state index contributed by atoms with van der Waals surface area (Å²) in [4.78, 5) is 38.3. The van der Waals surface area contributed by atoms with E-state index in [2.05, 4.69) is 93.7 Å². The average Bonchev–Trinajstić information content (AvgIpc) is 3.42. The van der Waals surface area contributed by atoms with Crippen LogP contribution in [0.4, 0.5) is 0 Å². The molecule has 0 aliphatic carbocycles. The molecule has 0 aromatic rings. The molecule has 0 rings (SSSR count). The van der Waals surface area contributed by atoms with Gasteiger partial charge in [-0.1, -0.05) is 306 Å². The number of rotatable bonds is 60. The van der Waals surface area contributed by atoms with Gasteiger partial charge >= 0.3 is 17.9 Å². The first-order valence-electron chi connectivity index (χ1n) is 32.9. The number of unbranched alkanes of at least 4 members (excludes halogenated alkanes) is 37. The second-order valence-corrected chi connectivity index (χ2v) is 22.0. The Kier molecular flexibility index (Phi) is 61.7. The molecule has 0 fully saturated rings. The number of carbonyl (C=O) groups is 3. The summed E-state index contributed by atoms with van der Waals surface area (Å²) in [5, 5.41) is 0. The largest absolute Gasteiger partial charge is 0.462 e. The van der Waals surface area contributed by atoms with Gasteiger partial charge in [-0.05, 0) is 83.5 Å².